The minimum absolute atomic E-state index is 0.0342. The SMILES string of the molecule is CCn1ncc(CNC(=O)CCn2cc([N+](=O)[O-])c(C)n2)c1C. The fourth-order valence-corrected chi connectivity index (χ4v) is 2.28. The molecule has 1 N–H and O–H groups in total. The molecule has 0 aliphatic carbocycles. The van der Waals surface area contributed by atoms with Crippen LogP contribution in [0.4, 0.5) is 5.69 Å². The first-order chi connectivity index (χ1) is 10.9. The largest absolute Gasteiger partial charge is 0.352 e. The monoisotopic (exact) mass is 320 g/mol. The molecule has 2 aromatic heterocycles. The van der Waals surface area contributed by atoms with E-state index in [0.29, 0.717) is 18.8 Å². The minimum atomic E-state index is -0.479. The van der Waals surface area contributed by atoms with Gasteiger partial charge < -0.3 is 5.32 Å². The lowest BCUT2D eigenvalue weighted by Crippen LogP contribution is -2.24. The second-order valence-corrected chi connectivity index (χ2v) is 5.22. The second-order valence-electron chi connectivity index (χ2n) is 5.22. The molecule has 9 heteroatoms. The van der Waals surface area contributed by atoms with Crippen molar-refractivity contribution in [3.05, 3.63) is 39.5 Å². The zero-order valence-electron chi connectivity index (χ0n) is 13.4. The van der Waals surface area contributed by atoms with Crippen molar-refractivity contribution in [1.29, 1.82) is 0 Å². The molecule has 0 aliphatic heterocycles. The molecule has 0 fully saturated rings. The predicted octanol–water partition coefficient (Wildman–Crippen LogP) is 1.33. The van der Waals surface area contributed by atoms with Gasteiger partial charge in [0.1, 0.15) is 11.9 Å². The van der Waals surface area contributed by atoms with E-state index in [1.165, 1.54) is 10.9 Å². The van der Waals surface area contributed by atoms with Gasteiger partial charge in [-0.05, 0) is 20.8 Å². The van der Waals surface area contributed by atoms with Crippen molar-refractivity contribution >= 4 is 11.6 Å². The van der Waals surface area contributed by atoms with E-state index in [1.807, 2.05) is 18.5 Å². The van der Waals surface area contributed by atoms with Crippen molar-refractivity contribution in [3.8, 4) is 0 Å². The molecule has 0 radical (unpaired) electrons. The van der Waals surface area contributed by atoms with Crippen LogP contribution < -0.4 is 5.32 Å². The van der Waals surface area contributed by atoms with E-state index in [1.54, 1.807) is 13.1 Å². The van der Waals surface area contributed by atoms with Gasteiger partial charge in [0.05, 0.1) is 11.1 Å². The summed E-state index contributed by atoms with van der Waals surface area (Å²) in [5, 5.41) is 21.8. The number of carbonyl (C=O) groups is 1. The maximum Gasteiger partial charge on any atom is 0.309 e. The molecule has 9 nitrogen and oxygen atoms in total. The van der Waals surface area contributed by atoms with E-state index >= 15 is 0 Å². The van der Waals surface area contributed by atoms with Crippen molar-refractivity contribution < 1.29 is 9.72 Å². The molecular weight excluding hydrogens is 300 g/mol. The average molecular weight is 320 g/mol. The highest BCUT2D eigenvalue weighted by atomic mass is 16.6. The van der Waals surface area contributed by atoms with E-state index in [0.717, 1.165) is 17.8 Å². The first-order valence-corrected chi connectivity index (χ1v) is 7.38. The Hall–Kier alpha value is -2.71. The fraction of sp³-hybridized carbons (Fsp3) is 0.500. The number of carbonyl (C=O) groups excluding carboxylic acids is 1. The number of nitrogens with one attached hydrogen (secondary N) is 1. The zero-order valence-corrected chi connectivity index (χ0v) is 13.4. The maximum atomic E-state index is 11.9. The lowest BCUT2D eigenvalue weighted by atomic mass is 10.2. The number of aryl methyl sites for hydroxylation is 3. The molecule has 0 unspecified atom stereocenters. The predicted molar refractivity (Wildman–Crippen MR) is 82.7 cm³/mol. The highest BCUT2D eigenvalue weighted by molar-refractivity contribution is 5.75. The van der Waals surface area contributed by atoms with Crippen molar-refractivity contribution in [3.63, 3.8) is 0 Å². The first-order valence-electron chi connectivity index (χ1n) is 7.38. The van der Waals surface area contributed by atoms with Gasteiger partial charge in [-0.3, -0.25) is 24.3 Å². The van der Waals surface area contributed by atoms with Crippen molar-refractivity contribution in [1.82, 2.24) is 24.9 Å². The van der Waals surface area contributed by atoms with E-state index in [2.05, 4.69) is 15.5 Å². The fourth-order valence-electron chi connectivity index (χ4n) is 2.28. The van der Waals surface area contributed by atoms with Gasteiger partial charge in [-0.2, -0.15) is 10.2 Å². The Bertz CT molecular complexity index is 718. The lowest BCUT2D eigenvalue weighted by molar-refractivity contribution is -0.385. The normalized spacial score (nSPS) is 10.7. The Labute approximate surface area is 133 Å². The van der Waals surface area contributed by atoms with Gasteiger partial charge in [0.25, 0.3) is 0 Å². The molecule has 0 aromatic carbocycles. The molecule has 0 aliphatic rings. The van der Waals surface area contributed by atoms with Crippen molar-refractivity contribution in [2.75, 3.05) is 0 Å². The number of rotatable bonds is 7. The molecule has 2 aromatic rings. The Morgan fingerprint density at radius 1 is 1.43 bits per heavy atom. The molecule has 2 rings (SSSR count). The summed E-state index contributed by atoms with van der Waals surface area (Å²) in [5.74, 6) is -0.135. The zero-order chi connectivity index (χ0) is 17.0. The van der Waals surface area contributed by atoms with Gasteiger partial charge in [-0.15, -0.1) is 0 Å². The number of hydrogen-bond acceptors (Lipinski definition) is 5. The van der Waals surface area contributed by atoms with Crippen LogP contribution in [0, 0.1) is 24.0 Å². The molecule has 0 bridgehead atoms. The van der Waals surface area contributed by atoms with Crippen LogP contribution in [-0.2, 0) is 24.4 Å². The number of nitrogens with zero attached hydrogens (tertiary/aromatic N) is 5. The summed E-state index contributed by atoms with van der Waals surface area (Å²) in [7, 11) is 0. The van der Waals surface area contributed by atoms with Crippen LogP contribution in [0.2, 0.25) is 0 Å². The van der Waals surface area contributed by atoms with Crippen molar-refractivity contribution in [2.24, 2.45) is 0 Å². The third-order valence-corrected chi connectivity index (χ3v) is 3.67. The third-order valence-electron chi connectivity index (χ3n) is 3.67. The molecule has 124 valence electrons. The average Bonchev–Trinajstić information content (AvgIpc) is 3.06. The quantitative estimate of drug-likeness (QED) is 0.611. The topological polar surface area (TPSA) is 108 Å². The van der Waals surface area contributed by atoms with Crippen LogP contribution in [0.15, 0.2) is 12.4 Å². The summed E-state index contributed by atoms with van der Waals surface area (Å²) < 4.78 is 3.29. The standard InChI is InChI=1S/C14H20N6O3/c1-4-19-11(3)12(8-16-19)7-15-14(21)5-6-18-9-13(20(22)23)10(2)17-18/h8-9H,4-7H2,1-3H3,(H,15,21). The molecule has 0 atom stereocenters. The third kappa shape index (κ3) is 3.93. The Balaban J connectivity index is 1.84. The number of amides is 1. The van der Waals surface area contributed by atoms with Gasteiger partial charge in [0.2, 0.25) is 5.91 Å². The van der Waals surface area contributed by atoms with E-state index < -0.39 is 4.92 Å². The minimum Gasteiger partial charge on any atom is -0.352 e. The summed E-state index contributed by atoms with van der Waals surface area (Å²) in [6, 6.07) is 0. The summed E-state index contributed by atoms with van der Waals surface area (Å²) in [4.78, 5) is 22.2. The molecule has 0 spiro atoms. The molecule has 0 saturated heterocycles. The van der Waals surface area contributed by atoms with Crippen LogP contribution in [0.5, 0.6) is 0 Å². The highest BCUT2D eigenvalue weighted by Crippen LogP contribution is 2.15. The summed E-state index contributed by atoms with van der Waals surface area (Å²) >= 11 is 0. The second kappa shape index (κ2) is 7.03. The smallest absolute Gasteiger partial charge is 0.309 e. The van der Waals surface area contributed by atoms with Gasteiger partial charge >= 0.3 is 5.69 Å². The Kier molecular flexibility index (Phi) is 5.09. The summed E-state index contributed by atoms with van der Waals surface area (Å²) in [6.07, 6.45) is 3.30. The summed E-state index contributed by atoms with van der Waals surface area (Å²) in [6.45, 7) is 7.05. The van der Waals surface area contributed by atoms with Crippen LogP contribution in [-0.4, -0.2) is 30.4 Å². The molecule has 0 saturated carbocycles. The van der Waals surface area contributed by atoms with E-state index in [4.69, 9.17) is 0 Å². The first kappa shape index (κ1) is 16.7. The van der Waals surface area contributed by atoms with E-state index in [9.17, 15) is 14.9 Å². The molecule has 1 amide bonds. The molecule has 2 heterocycles. The van der Waals surface area contributed by atoms with Gasteiger partial charge in [0.15, 0.2) is 0 Å². The molecule has 23 heavy (non-hydrogen) atoms. The van der Waals surface area contributed by atoms with Crippen LogP contribution in [0.25, 0.3) is 0 Å². The summed E-state index contributed by atoms with van der Waals surface area (Å²) in [5.41, 5.74) is 2.32. The number of hydrogen-bond donors (Lipinski definition) is 1. The Morgan fingerprint density at radius 2 is 2.17 bits per heavy atom. The lowest BCUT2D eigenvalue weighted by Gasteiger charge is -2.05. The van der Waals surface area contributed by atoms with Gasteiger partial charge in [-0.25, -0.2) is 0 Å². The van der Waals surface area contributed by atoms with Crippen LogP contribution in [0.1, 0.15) is 30.3 Å². The van der Waals surface area contributed by atoms with Crippen LogP contribution in [0.3, 0.4) is 0 Å². The molecular formula is C14H20N6O3. The number of nitro groups is 1. The highest BCUT2D eigenvalue weighted by Gasteiger charge is 2.15. The van der Waals surface area contributed by atoms with E-state index in [-0.39, 0.29) is 18.0 Å². The van der Waals surface area contributed by atoms with Gasteiger partial charge in [0, 0.05) is 37.3 Å². The van der Waals surface area contributed by atoms with Crippen LogP contribution >= 0.6 is 0 Å². The number of aromatic nitrogens is 4. The van der Waals surface area contributed by atoms with Crippen molar-refractivity contribution in [2.45, 2.75) is 46.8 Å². The Morgan fingerprint density at radius 3 is 2.74 bits per heavy atom. The maximum absolute atomic E-state index is 11.9. The van der Waals surface area contributed by atoms with Gasteiger partial charge in [-0.1, -0.05) is 0 Å².